The fraction of sp³-hybridized carbons (Fsp3) is 0.300. The van der Waals surface area contributed by atoms with Gasteiger partial charge in [-0.15, -0.1) is 0 Å². The van der Waals surface area contributed by atoms with Crippen LogP contribution in [0.2, 0.25) is 0 Å². The Kier molecular flexibility index (Phi) is 5.27. The molecule has 1 aliphatic rings. The highest BCUT2D eigenvalue weighted by molar-refractivity contribution is 7.89. The molecule has 3 rings (SSSR count). The Labute approximate surface area is 164 Å². The van der Waals surface area contributed by atoms with Crippen LogP contribution in [0.25, 0.3) is 0 Å². The van der Waals surface area contributed by atoms with Crippen LogP contribution in [0, 0.1) is 13.8 Å². The molecule has 8 heteroatoms. The standard InChI is InChI=1S/C20H23N3O4S/c1-4-19(24)23-8-7-14-10-15(5-6-18(14)23)20(25)22-17-11-16(28(21,26)27)9-12(2)13(17)3/h5-6,9-11H,4,7-8H2,1-3H3,(H,22,25)(H2,21,26,27). The molecule has 0 saturated heterocycles. The summed E-state index contributed by atoms with van der Waals surface area (Å²) in [5.41, 5.74) is 4.11. The molecule has 0 spiro atoms. The number of rotatable bonds is 4. The topological polar surface area (TPSA) is 110 Å². The average molecular weight is 401 g/mol. The number of carbonyl (C=O) groups is 2. The van der Waals surface area contributed by atoms with Crippen LogP contribution in [0.15, 0.2) is 35.2 Å². The fourth-order valence-corrected chi connectivity index (χ4v) is 3.93. The maximum atomic E-state index is 12.7. The van der Waals surface area contributed by atoms with E-state index in [2.05, 4.69) is 5.32 Å². The molecule has 0 aliphatic carbocycles. The summed E-state index contributed by atoms with van der Waals surface area (Å²) in [5.74, 6) is -0.293. The fourth-order valence-electron chi connectivity index (χ4n) is 3.31. The molecule has 7 nitrogen and oxygen atoms in total. The largest absolute Gasteiger partial charge is 0.322 e. The van der Waals surface area contributed by atoms with Crippen LogP contribution in [0.5, 0.6) is 0 Å². The molecule has 0 bridgehead atoms. The molecule has 2 aromatic carbocycles. The molecular weight excluding hydrogens is 378 g/mol. The quantitative estimate of drug-likeness (QED) is 0.820. The Balaban J connectivity index is 1.89. The molecule has 1 aliphatic heterocycles. The van der Waals surface area contributed by atoms with Crippen molar-refractivity contribution in [1.29, 1.82) is 0 Å². The van der Waals surface area contributed by atoms with E-state index in [9.17, 15) is 18.0 Å². The van der Waals surface area contributed by atoms with Crippen molar-refractivity contribution >= 4 is 33.2 Å². The number of primary sulfonamides is 1. The van der Waals surface area contributed by atoms with Gasteiger partial charge in [-0.2, -0.15) is 0 Å². The first kappa shape index (κ1) is 20.0. The van der Waals surface area contributed by atoms with Gasteiger partial charge in [0.15, 0.2) is 0 Å². The molecule has 0 saturated carbocycles. The molecule has 2 aromatic rings. The lowest BCUT2D eigenvalue weighted by Crippen LogP contribution is -2.27. The molecule has 2 amide bonds. The summed E-state index contributed by atoms with van der Waals surface area (Å²) in [6, 6.07) is 8.07. The van der Waals surface area contributed by atoms with E-state index in [1.54, 1.807) is 36.9 Å². The smallest absolute Gasteiger partial charge is 0.255 e. The van der Waals surface area contributed by atoms with E-state index < -0.39 is 10.0 Å². The normalized spacial score (nSPS) is 13.4. The number of anilines is 2. The van der Waals surface area contributed by atoms with Gasteiger partial charge in [0.2, 0.25) is 15.9 Å². The lowest BCUT2D eigenvalue weighted by atomic mass is 10.1. The van der Waals surface area contributed by atoms with Gasteiger partial charge in [-0.1, -0.05) is 6.92 Å². The van der Waals surface area contributed by atoms with Crippen molar-refractivity contribution in [3.63, 3.8) is 0 Å². The molecule has 3 N–H and O–H groups in total. The van der Waals surface area contributed by atoms with E-state index >= 15 is 0 Å². The van der Waals surface area contributed by atoms with Crippen molar-refractivity contribution in [3.05, 3.63) is 52.6 Å². The second-order valence-corrected chi connectivity index (χ2v) is 8.47. The molecule has 148 valence electrons. The second-order valence-electron chi connectivity index (χ2n) is 6.90. The highest BCUT2D eigenvalue weighted by atomic mass is 32.2. The number of nitrogens with one attached hydrogen (secondary N) is 1. The third kappa shape index (κ3) is 3.79. The average Bonchev–Trinajstić information content (AvgIpc) is 3.06. The lowest BCUT2D eigenvalue weighted by molar-refractivity contribution is -0.118. The van der Waals surface area contributed by atoms with Crippen molar-refractivity contribution in [3.8, 4) is 0 Å². The lowest BCUT2D eigenvalue weighted by Gasteiger charge is -2.17. The number of aryl methyl sites for hydroxylation is 1. The number of carbonyl (C=O) groups excluding carboxylic acids is 2. The number of sulfonamides is 1. The summed E-state index contributed by atoms with van der Waals surface area (Å²) in [5, 5.41) is 8.00. The first-order valence-electron chi connectivity index (χ1n) is 9.00. The van der Waals surface area contributed by atoms with Crippen LogP contribution in [-0.4, -0.2) is 26.8 Å². The van der Waals surface area contributed by atoms with E-state index in [1.165, 1.54) is 12.1 Å². The van der Waals surface area contributed by atoms with Crippen molar-refractivity contribution in [2.45, 2.75) is 38.5 Å². The summed E-state index contributed by atoms with van der Waals surface area (Å²) < 4.78 is 23.4. The number of amides is 2. The van der Waals surface area contributed by atoms with E-state index in [0.29, 0.717) is 36.2 Å². The van der Waals surface area contributed by atoms with Gasteiger partial charge in [0.1, 0.15) is 0 Å². The predicted octanol–water partition coefficient (Wildman–Crippen LogP) is 2.50. The Bertz CT molecular complexity index is 1080. The summed E-state index contributed by atoms with van der Waals surface area (Å²) in [4.78, 5) is 26.4. The molecule has 0 atom stereocenters. The Morgan fingerprint density at radius 3 is 2.54 bits per heavy atom. The molecule has 0 fully saturated rings. The zero-order chi connectivity index (χ0) is 20.6. The Morgan fingerprint density at radius 2 is 1.89 bits per heavy atom. The van der Waals surface area contributed by atoms with Gasteiger partial charge in [-0.05, 0) is 67.3 Å². The minimum atomic E-state index is -3.88. The SMILES string of the molecule is CCC(=O)N1CCc2cc(C(=O)Nc3cc(S(N)(=O)=O)cc(C)c3C)ccc21. The van der Waals surface area contributed by atoms with E-state index in [1.807, 2.05) is 6.92 Å². The zero-order valence-corrected chi connectivity index (χ0v) is 16.9. The molecule has 0 aromatic heterocycles. The number of fused-ring (bicyclic) bond motifs is 1. The third-order valence-corrected chi connectivity index (χ3v) is 5.95. The van der Waals surface area contributed by atoms with Crippen molar-refractivity contribution in [2.75, 3.05) is 16.8 Å². The van der Waals surface area contributed by atoms with Gasteiger partial charge >= 0.3 is 0 Å². The molecule has 28 heavy (non-hydrogen) atoms. The van der Waals surface area contributed by atoms with Crippen LogP contribution >= 0.6 is 0 Å². The summed E-state index contributed by atoms with van der Waals surface area (Å²) >= 11 is 0. The number of nitrogens with two attached hydrogens (primary N) is 1. The number of hydrogen-bond donors (Lipinski definition) is 2. The van der Waals surface area contributed by atoms with Crippen LogP contribution < -0.4 is 15.4 Å². The van der Waals surface area contributed by atoms with Gasteiger partial charge in [0.05, 0.1) is 4.90 Å². The third-order valence-electron chi connectivity index (χ3n) is 5.06. The number of hydrogen-bond acceptors (Lipinski definition) is 4. The highest BCUT2D eigenvalue weighted by Crippen LogP contribution is 2.30. The van der Waals surface area contributed by atoms with Gasteiger partial charge in [-0.25, -0.2) is 13.6 Å². The van der Waals surface area contributed by atoms with Crippen molar-refractivity contribution in [1.82, 2.24) is 0 Å². The van der Waals surface area contributed by atoms with Gasteiger partial charge < -0.3 is 10.2 Å². The number of benzene rings is 2. The molecular formula is C20H23N3O4S. The maximum absolute atomic E-state index is 12.7. The minimum Gasteiger partial charge on any atom is -0.322 e. The first-order valence-corrected chi connectivity index (χ1v) is 10.5. The summed E-state index contributed by atoms with van der Waals surface area (Å²) in [7, 11) is -3.88. The Morgan fingerprint density at radius 1 is 1.18 bits per heavy atom. The molecule has 1 heterocycles. The monoisotopic (exact) mass is 401 g/mol. The van der Waals surface area contributed by atoms with Gasteiger partial charge in [0.25, 0.3) is 5.91 Å². The van der Waals surface area contributed by atoms with Crippen molar-refractivity contribution < 1.29 is 18.0 Å². The van der Waals surface area contributed by atoms with Crippen LogP contribution in [0.4, 0.5) is 11.4 Å². The zero-order valence-electron chi connectivity index (χ0n) is 16.1. The van der Waals surface area contributed by atoms with Crippen molar-refractivity contribution in [2.24, 2.45) is 5.14 Å². The first-order chi connectivity index (χ1) is 13.1. The van der Waals surface area contributed by atoms with Crippen LogP contribution in [-0.2, 0) is 21.2 Å². The summed E-state index contributed by atoms with van der Waals surface area (Å²) in [6.45, 7) is 5.99. The second kappa shape index (κ2) is 7.37. The van der Waals surface area contributed by atoms with E-state index in [0.717, 1.165) is 16.8 Å². The van der Waals surface area contributed by atoms with Crippen LogP contribution in [0.1, 0.15) is 40.4 Å². The minimum absolute atomic E-state index is 0.0476. The maximum Gasteiger partial charge on any atom is 0.255 e. The van der Waals surface area contributed by atoms with Gasteiger partial charge in [-0.3, -0.25) is 9.59 Å². The number of nitrogens with zero attached hydrogens (tertiary/aromatic N) is 1. The molecule has 0 unspecified atom stereocenters. The molecule has 0 radical (unpaired) electrons. The Hall–Kier alpha value is -2.71. The predicted molar refractivity (Wildman–Crippen MR) is 108 cm³/mol. The van der Waals surface area contributed by atoms with E-state index in [4.69, 9.17) is 5.14 Å². The highest BCUT2D eigenvalue weighted by Gasteiger charge is 2.24. The van der Waals surface area contributed by atoms with Gasteiger partial charge in [0, 0.05) is 29.9 Å². The van der Waals surface area contributed by atoms with Crippen LogP contribution in [0.3, 0.4) is 0 Å². The van der Waals surface area contributed by atoms with E-state index in [-0.39, 0.29) is 16.7 Å². The summed E-state index contributed by atoms with van der Waals surface area (Å²) in [6.07, 6.45) is 1.13.